The maximum atomic E-state index is 13.5. The summed E-state index contributed by atoms with van der Waals surface area (Å²) in [4.78, 5) is 15.0. The molecule has 0 bridgehead atoms. The molecule has 2 rings (SSSR count). The average molecular weight is 335 g/mol. The lowest BCUT2D eigenvalue weighted by Crippen LogP contribution is -2.05. The average Bonchev–Trinajstić information content (AvgIpc) is 2.72. The normalized spacial score (nSPS) is 11.2. The summed E-state index contributed by atoms with van der Waals surface area (Å²) in [7, 11) is 0. The van der Waals surface area contributed by atoms with E-state index in [1.54, 1.807) is 11.8 Å². The molecule has 0 aliphatic heterocycles. The minimum Gasteiger partial charge on any atom is -0.481 e. The van der Waals surface area contributed by atoms with Crippen molar-refractivity contribution in [1.29, 1.82) is 0 Å². The molecule has 20 heavy (non-hydrogen) atoms. The highest BCUT2D eigenvalue weighted by atomic mass is 35.5. The zero-order valence-electron chi connectivity index (χ0n) is 10.6. The molecule has 0 fully saturated rings. The van der Waals surface area contributed by atoms with Crippen LogP contribution in [0.2, 0.25) is 5.02 Å². The SMILES string of the molecule is CSCCn1c(SCC(=O)O)nc2cc(F)c(Cl)cc21. The monoisotopic (exact) mass is 334 g/mol. The lowest BCUT2D eigenvalue weighted by atomic mass is 10.3. The standard InChI is InChI=1S/C12H12ClFN2O2S2/c1-19-3-2-16-10-4-7(13)8(14)5-9(10)15-12(16)20-6-11(17)18/h4-5H,2-3,6H2,1H3,(H,17,18). The van der Waals surface area contributed by atoms with E-state index < -0.39 is 11.8 Å². The molecular formula is C12H12ClFN2O2S2. The van der Waals surface area contributed by atoms with Crippen molar-refractivity contribution in [2.45, 2.75) is 11.7 Å². The van der Waals surface area contributed by atoms with Crippen LogP contribution in [0.3, 0.4) is 0 Å². The van der Waals surface area contributed by atoms with Crippen LogP contribution in [0.25, 0.3) is 11.0 Å². The van der Waals surface area contributed by atoms with E-state index in [9.17, 15) is 9.18 Å². The Bertz CT molecular complexity index is 648. The first-order chi connectivity index (χ1) is 9.52. The summed E-state index contributed by atoms with van der Waals surface area (Å²) in [5, 5.41) is 9.37. The number of nitrogens with zero attached hydrogens (tertiary/aromatic N) is 2. The third-order valence-electron chi connectivity index (χ3n) is 2.60. The zero-order chi connectivity index (χ0) is 14.7. The minimum absolute atomic E-state index is 0.0394. The van der Waals surface area contributed by atoms with Crippen molar-refractivity contribution in [1.82, 2.24) is 9.55 Å². The largest absolute Gasteiger partial charge is 0.481 e. The van der Waals surface area contributed by atoms with Gasteiger partial charge in [-0.2, -0.15) is 11.8 Å². The lowest BCUT2D eigenvalue weighted by molar-refractivity contribution is -0.133. The Morgan fingerprint density at radius 3 is 2.95 bits per heavy atom. The summed E-state index contributed by atoms with van der Waals surface area (Å²) >= 11 is 8.60. The quantitative estimate of drug-likeness (QED) is 0.821. The number of imidazole rings is 1. The Labute approximate surface area is 128 Å². The molecule has 0 saturated heterocycles. The Balaban J connectivity index is 2.45. The summed E-state index contributed by atoms with van der Waals surface area (Å²) in [6, 6.07) is 2.81. The van der Waals surface area contributed by atoms with E-state index in [0.29, 0.717) is 17.2 Å². The molecular weight excluding hydrogens is 323 g/mol. The third kappa shape index (κ3) is 3.39. The maximum Gasteiger partial charge on any atom is 0.313 e. The van der Waals surface area contributed by atoms with Gasteiger partial charge in [0.1, 0.15) is 5.82 Å². The number of aryl methyl sites for hydroxylation is 1. The van der Waals surface area contributed by atoms with Crippen LogP contribution in [0.4, 0.5) is 4.39 Å². The molecule has 0 radical (unpaired) electrons. The van der Waals surface area contributed by atoms with Gasteiger partial charge in [-0.3, -0.25) is 4.79 Å². The molecule has 0 amide bonds. The number of aromatic nitrogens is 2. The van der Waals surface area contributed by atoms with Crippen LogP contribution >= 0.6 is 35.1 Å². The van der Waals surface area contributed by atoms with Crippen LogP contribution in [-0.2, 0) is 11.3 Å². The van der Waals surface area contributed by atoms with E-state index in [1.807, 2.05) is 10.8 Å². The topological polar surface area (TPSA) is 55.1 Å². The zero-order valence-corrected chi connectivity index (χ0v) is 13.0. The molecule has 0 saturated carbocycles. The van der Waals surface area contributed by atoms with Gasteiger partial charge in [-0.05, 0) is 12.3 Å². The van der Waals surface area contributed by atoms with Gasteiger partial charge in [-0.1, -0.05) is 23.4 Å². The number of halogens is 2. The first kappa shape index (κ1) is 15.5. The van der Waals surface area contributed by atoms with Gasteiger partial charge in [0.05, 0.1) is 21.8 Å². The van der Waals surface area contributed by atoms with Crippen molar-refractivity contribution in [2.75, 3.05) is 17.8 Å². The van der Waals surface area contributed by atoms with Gasteiger partial charge >= 0.3 is 5.97 Å². The highest BCUT2D eigenvalue weighted by Gasteiger charge is 2.15. The summed E-state index contributed by atoms with van der Waals surface area (Å²) in [6.45, 7) is 0.668. The second-order valence-corrected chi connectivity index (χ2v) is 6.31. The fraction of sp³-hybridized carbons (Fsp3) is 0.333. The fourth-order valence-corrected chi connectivity index (χ4v) is 3.02. The number of thioether (sulfide) groups is 2. The van der Waals surface area contributed by atoms with Crippen molar-refractivity contribution in [3.05, 3.63) is 23.0 Å². The van der Waals surface area contributed by atoms with Crippen molar-refractivity contribution in [3.8, 4) is 0 Å². The van der Waals surface area contributed by atoms with Crippen LogP contribution < -0.4 is 0 Å². The minimum atomic E-state index is -0.914. The van der Waals surface area contributed by atoms with Crippen molar-refractivity contribution in [3.63, 3.8) is 0 Å². The van der Waals surface area contributed by atoms with Crippen molar-refractivity contribution in [2.24, 2.45) is 0 Å². The van der Waals surface area contributed by atoms with Gasteiger partial charge in [-0.25, -0.2) is 9.37 Å². The summed E-state index contributed by atoms with van der Waals surface area (Å²) in [5.41, 5.74) is 1.21. The number of hydrogen-bond acceptors (Lipinski definition) is 4. The Hall–Kier alpha value is -0.920. The Kier molecular flexibility index (Phi) is 5.17. The van der Waals surface area contributed by atoms with E-state index in [1.165, 1.54) is 12.1 Å². The third-order valence-corrected chi connectivity index (χ3v) is 4.44. The van der Waals surface area contributed by atoms with Crippen molar-refractivity contribution >= 4 is 52.1 Å². The lowest BCUT2D eigenvalue weighted by Gasteiger charge is -2.07. The second-order valence-electron chi connectivity index (χ2n) is 3.98. The van der Waals surface area contributed by atoms with Gasteiger partial charge in [-0.15, -0.1) is 0 Å². The van der Waals surface area contributed by atoms with Crippen LogP contribution in [0.5, 0.6) is 0 Å². The van der Waals surface area contributed by atoms with Gasteiger partial charge in [0, 0.05) is 18.4 Å². The predicted molar refractivity (Wildman–Crippen MR) is 81.4 cm³/mol. The van der Waals surface area contributed by atoms with Gasteiger partial charge in [0.15, 0.2) is 5.16 Å². The number of aliphatic carboxylic acids is 1. The van der Waals surface area contributed by atoms with E-state index >= 15 is 0 Å². The summed E-state index contributed by atoms with van der Waals surface area (Å²) < 4.78 is 15.3. The molecule has 108 valence electrons. The number of carboxylic acids is 1. The van der Waals surface area contributed by atoms with Crippen LogP contribution in [0.15, 0.2) is 17.3 Å². The second kappa shape index (κ2) is 6.69. The molecule has 2 aromatic rings. The van der Waals surface area contributed by atoms with Crippen LogP contribution in [-0.4, -0.2) is 38.4 Å². The summed E-state index contributed by atoms with van der Waals surface area (Å²) in [6.07, 6.45) is 1.98. The van der Waals surface area contributed by atoms with Gasteiger partial charge < -0.3 is 9.67 Å². The number of carbonyl (C=O) groups is 1. The number of fused-ring (bicyclic) bond motifs is 1. The first-order valence-corrected chi connectivity index (χ1v) is 8.47. The molecule has 0 spiro atoms. The number of rotatable bonds is 6. The maximum absolute atomic E-state index is 13.5. The molecule has 0 atom stereocenters. The molecule has 1 heterocycles. The highest BCUT2D eigenvalue weighted by Crippen LogP contribution is 2.28. The summed E-state index contributed by atoms with van der Waals surface area (Å²) in [5.74, 6) is -0.675. The van der Waals surface area contributed by atoms with E-state index in [2.05, 4.69) is 4.98 Å². The molecule has 4 nitrogen and oxygen atoms in total. The number of carboxylic acid groups (broad SMARTS) is 1. The molecule has 1 aromatic carbocycles. The van der Waals surface area contributed by atoms with Gasteiger partial charge in [0.25, 0.3) is 0 Å². The van der Waals surface area contributed by atoms with E-state index in [-0.39, 0.29) is 10.8 Å². The van der Waals surface area contributed by atoms with E-state index in [4.69, 9.17) is 16.7 Å². The molecule has 1 aromatic heterocycles. The first-order valence-electron chi connectivity index (χ1n) is 5.71. The number of benzene rings is 1. The fourth-order valence-electron chi connectivity index (χ4n) is 1.73. The molecule has 1 N–H and O–H groups in total. The van der Waals surface area contributed by atoms with E-state index in [0.717, 1.165) is 23.0 Å². The number of hydrogen-bond donors (Lipinski definition) is 1. The molecule has 0 unspecified atom stereocenters. The Morgan fingerprint density at radius 2 is 2.30 bits per heavy atom. The van der Waals surface area contributed by atoms with Gasteiger partial charge in [0.2, 0.25) is 0 Å². The smallest absolute Gasteiger partial charge is 0.313 e. The van der Waals surface area contributed by atoms with Crippen LogP contribution in [0, 0.1) is 5.82 Å². The molecule has 0 aliphatic rings. The van der Waals surface area contributed by atoms with Crippen molar-refractivity contribution < 1.29 is 14.3 Å². The molecule has 8 heteroatoms. The Morgan fingerprint density at radius 1 is 1.55 bits per heavy atom. The predicted octanol–water partition coefficient (Wildman–Crippen LogP) is 3.37. The van der Waals surface area contributed by atoms with Crippen LogP contribution in [0.1, 0.15) is 0 Å². The molecule has 0 aliphatic carbocycles. The highest BCUT2D eigenvalue weighted by molar-refractivity contribution is 7.99.